The summed E-state index contributed by atoms with van der Waals surface area (Å²) in [5.74, 6) is 2.84. The molecule has 0 heterocycles. The topological polar surface area (TPSA) is 49.3 Å². The molecule has 1 aromatic carbocycles. The molecular weight excluding hydrogens is 406 g/mol. The van der Waals surface area contributed by atoms with Crippen molar-refractivity contribution in [2.45, 2.75) is 104 Å². The summed E-state index contributed by atoms with van der Waals surface area (Å²) in [6.07, 6.45) is 12.7. The molecule has 7 atom stereocenters. The highest BCUT2D eigenvalue weighted by atomic mass is 16.3. The van der Waals surface area contributed by atoms with Gasteiger partial charge in [0, 0.05) is 11.6 Å². The zero-order chi connectivity index (χ0) is 23.7. The van der Waals surface area contributed by atoms with Crippen molar-refractivity contribution in [1.82, 2.24) is 0 Å². The maximum atomic E-state index is 13.4. The number of carbonyl (C=O) groups excluding carboxylic acids is 1. The number of hydrogen-bond donors (Lipinski definition) is 2. The van der Waals surface area contributed by atoms with Crippen LogP contribution in [0.25, 0.3) is 0 Å². The largest absolute Gasteiger partial charge is 0.390 e. The van der Waals surface area contributed by atoms with E-state index in [1.54, 1.807) is 0 Å². The van der Waals surface area contributed by atoms with Crippen molar-refractivity contribution in [1.29, 1.82) is 0 Å². The van der Waals surface area contributed by atoms with Crippen LogP contribution in [-0.2, 0) is 4.79 Å². The molecule has 0 amide bonds. The number of carbonyl (C=O) groups is 1. The van der Waals surface area contributed by atoms with E-state index in [-0.39, 0.29) is 11.3 Å². The number of para-hydroxylation sites is 1. The van der Waals surface area contributed by atoms with Crippen molar-refractivity contribution in [3.63, 3.8) is 0 Å². The summed E-state index contributed by atoms with van der Waals surface area (Å²) in [4.78, 5) is 13.4. The Morgan fingerprint density at radius 3 is 2.55 bits per heavy atom. The van der Waals surface area contributed by atoms with E-state index in [0.29, 0.717) is 23.7 Å². The Bertz CT molecular complexity index is 805. The molecule has 1 aromatic rings. The van der Waals surface area contributed by atoms with Gasteiger partial charge in [-0.1, -0.05) is 51.8 Å². The lowest BCUT2D eigenvalue weighted by atomic mass is 9.48. The van der Waals surface area contributed by atoms with Gasteiger partial charge in [0.25, 0.3) is 0 Å². The first-order valence-electron chi connectivity index (χ1n) is 13.7. The Labute approximate surface area is 202 Å². The highest BCUT2D eigenvalue weighted by Gasteiger charge is 2.58. The van der Waals surface area contributed by atoms with Crippen molar-refractivity contribution in [3.8, 4) is 0 Å². The Balaban J connectivity index is 1.42. The smallest absolute Gasteiger partial charge is 0.155 e. The zero-order valence-corrected chi connectivity index (χ0v) is 21.5. The quantitative estimate of drug-likeness (QED) is 0.414. The Hall–Kier alpha value is -1.35. The van der Waals surface area contributed by atoms with Gasteiger partial charge in [-0.25, -0.2) is 0 Å². The van der Waals surface area contributed by atoms with Crippen molar-refractivity contribution in [2.75, 3.05) is 11.9 Å². The average Bonchev–Trinajstić information content (AvgIpc) is 3.15. The van der Waals surface area contributed by atoms with Crippen LogP contribution in [-0.4, -0.2) is 23.0 Å². The summed E-state index contributed by atoms with van der Waals surface area (Å²) in [6, 6.07) is 10.1. The molecule has 0 aliphatic heterocycles. The van der Waals surface area contributed by atoms with Gasteiger partial charge in [-0.2, -0.15) is 0 Å². The van der Waals surface area contributed by atoms with Gasteiger partial charge in [0.05, 0.1) is 12.1 Å². The summed E-state index contributed by atoms with van der Waals surface area (Å²) < 4.78 is 0. The van der Waals surface area contributed by atoms with E-state index in [4.69, 9.17) is 0 Å². The summed E-state index contributed by atoms with van der Waals surface area (Å²) in [6.45, 7) is 9.63. The number of anilines is 1. The molecule has 0 saturated heterocycles. The van der Waals surface area contributed by atoms with Gasteiger partial charge < -0.3 is 10.4 Å². The minimum Gasteiger partial charge on any atom is -0.390 e. The van der Waals surface area contributed by atoms with Crippen molar-refractivity contribution >= 4 is 11.5 Å². The highest BCUT2D eigenvalue weighted by molar-refractivity contribution is 5.86. The second-order valence-electron chi connectivity index (χ2n) is 12.5. The minimum absolute atomic E-state index is 0.169. The van der Waals surface area contributed by atoms with Gasteiger partial charge >= 0.3 is 0 Å². The summed E-state index contributed by atoms with van der Waals surface area (Å²) in [5, 5.41) is 14.2. The number of rotatable bonds is 9. The lowest BCUT2D eigenvalue weighted by molar-refractivity contribution is -0.129. The maximum Gasteiger partial charge on any atom is 0.155 e. The molecule has 0 aromatic heterocycles. The van der Waals surface area contributed by atoms with Crippen LogP contribution in [0.2, 0.25) is 0 Å². The third-order valence-corrected chi connectivity index (χ3v) is 10.3. The lowest BCUT2D eigenvalue weighted by Crippen LogP contribution is -2.50. The third kappa shape index (κ3) is 5.04. The van der Waals surface area contributed by atoms with Crippen LogP contribution >= 0.6 is 0 Å². The first kappa shape index (κ1) is 24.8. The fourth-order valence-corrected chi connectivity index (χ4v) is 8.41. The fourth-order valence-electron chi connectivity index (χ4n) is 8.41. The van der Waals surface area contributed by atoms with E-state index < -0.39 is 5.60 Å². The number of aliphatic hydroxyl groups is 1. The molecule has 3 aliphatic carbocycles. The molecule has 3 heteroatoms. The van der Waals surface area contributed by atoms with Crippen LogP contribution in [0.4, 0.5) is 5.69 Å². The van der Waals surface area contributed by atoms with E-state index in [1.165, 1.54) is 38.5 Å². The summed E-state index contributed by atoms with van der Waals surface area (Å²) >= 11 is 0. The SMILES string of the molecule is CCCC(C)(O)CC[C@@]1(C)CCC[C@@H]2[C@@H]1CC[C@]1(C)[C@@H](C(=O)CNc3ccccc3)CC[C@@H]21. The van der Waals surface area contributed by atoms with Crippen molar-refractivity contribution in [3.05, 3.63) is 30.3 Å². The first-order chi connectivity index (χ1) is 15.7. The molecule has 0 spiro atoms. The van der Waals surface area contributed by atoms with E-state index >= 15 is 0 Å². The number of fused-ring (bicyclic) bond motifs is 3. The number of hydrogen-bond acceptors (Lipinski definition) is 3. The predicted octanol–water partition coefficient (Wildman–Crippen LogP) is 7.25. The van der Waals surface area contributed by atoms with Crippen molar-refractivity contribution in [2.24, 2.45) is 34.5 Å². The first-order valence-corrected chi connectivity index (χ1v) is 13.7. The molecule has 0 bridgehead atoms. The Morgan fingerprint density at radius 1 is 1.06 bits per heavy atom. The minimum atomic E-state index is -0.523. The molecular formula is C30H47NO2. The molecule has 3 fully saturated rings. The van der Waals surface area contributed by atoms with Crippen molar-refractivity contribution < 1.29 is 9.90 Å². The van der Waals surface area contributed by atoms with Crippen LogP contribution in [0.1, 0.15) is 98.3 Å². The molecule has 3 saturated carbocycles. The molecule has 2 N–H and O–H groups in total. The second kappa shape index (κ2) is 9.72. The number of Topliss-reactive ketones (excluding diaryl/α,β-unsaturated/α-hetero) is 1. The summed E-state index contributed by atoms with van der Waals surface area (Å²) in [5.41, 5.74) is 1.03. The monoisotopic (exact) mass is 453 g/mol. The number of nitrogens with one attached hydrogen (secondary N) is 1. The average molecular weight is 454 g/mol. The lowest BCUT2D eigenvalue weighted by Gasteiger charge is -2.57. The predicted molar refractivity (Wildman–Crippen MR) is 137 cm³/mol. The highest BCUT2D eigenvalue weighted by Crippen LogP contribution is 2.65. The van der Waals surface area contributed by atoms with Gasteiger partial charge in [0.15, 0.2) is 5.78 Å². The zero-order valence-electron chi connectivity index (χ0n) is 21.5. The number of ketones is 1. The second-order valence-corrected chi connectivity index (χ2v) is 12.5. The molecule has 0 radical (unpaired) electrons. The molecule has 1 unspecified atom stereocenters. The molecule has 3 nitrogen and oxygen atoms in total. The van der Waals surface area contributed by atoms with Crippen LogP contribution in [0, 0.1) is 34.5 Å². The fraction of sp³-hybridized carbons (Fsp3) is 0.767. The normalized spacial score (nSPS) is 37.6. The standard InChI is InChI=1S/C30H47NO2/c1-5-16-29(3,33)20-19-28(2)17-9-12-23-24(28)15-18-30(4)25(23)13-14-26(30)27(32)21-31-22-10-7-6-8-11-22/h6-8,10-11,23-26,31,33H,5,9,12-21H2,1-4H3/t23-,24+,25+,26-,28-,29?,30+/m1/s1. The van der Waals surface area contributed by atoms with Gasteiger partial charge in [-0.3, -0.25) is 4.79 Å². The van der Waals surface area contributed by atoms with Crippen LogP contribution in [0.5, 0.6) is 0 Å². The van der Waals surface area contributed by atoms with Crippen LogP contribution in [0.15, 0.2) is 30.3 Å². The summed E-state index contributed by atoms with van der Waals surface area (Å²) in [7, 11) is 0. The van der Waals surface area contributed by atoms with Gasteiger partial charge in [0.1, 0.15) is 0 Å². The van der Waals surface area contributed by atoms with E-state index in [0.717, 1.165) is 49.6 Å². The van der Waals surface area contributed by atoms with Crippen LogP contribution < -0.4 is 5.32 Å². The molecule has 4 rings (SSSR count). The van der Waals surface area contributed by atoms with Gasteiger partial charge in [0.2, 0.25) is 0 Å². The van der Waals surface area contributed by atoms with E-state index in [9.17, 15) is 9.90 Å². The van der Waals surface area contributed by atoms with E-state index in [2.05, 4.69) is 26.1 Å². The van der Waals surface area contributed by atoms with Gasteiger partial charge in [-0.15, -0.1) is 0 Å². The Kier molecular flexibility index (Phi) is 7.29. The molecule has 3 aliphatic rings. The molecule has 33 heavy (non-hydrogen) atoms. The van der Waals surface area contributed by atoms with Crippen LogP contribution in [0.3, 0.4) is 0 Å². The Morgan fingerprint density at radius 2 is 1.82 bits per heavy atom. The molecule has 184 valence electrons. The third-order valence-electron chi connectivity index (χ3n) is 10.3. The maximum absolute atomic E-state index is 13.4. The van der Waals surface area contributed by atoms with Gasteiger partial charge in [-0.05, 0) is 105 Å². The number of benzene rings is 1. The van der Waals surface area contributed by atoms with E-state index in [1.807, 2.05) is 37.3 Å².